The molecular weight excluding hydrogens is 248 g/mol. The fraction of sp³-hybridized carbons (Fsp3) is 0.769. The van der Waals surface area contributed by atoms with Crippen molar-refractivity contribution in [3.63, 3.8) is 0 Å². The van der Waals surface area contributed by atoms with Gasteiger partial charge in [0.2, 0.25) is 11.8 Å². The van der Waals surface area contributed by atoms with Crippen molar-refractivity contribution in [3.8, 4) is 0 Å². The molecule has 0 radical (unpaired) electrons. The second kappa shape index (κ2) is 6.04. The SMILES string of the molecule is CCC(C)[C@@]1(NC(C)=O)CCN(CC(=O)OC)C1=O. The molecule has 1 aliphatic rings. The van der Waals surface area contributed by atoms with Crippen molar-refractivity contribution in [1.82, 2.24) is 10.2 Å². The van der Waals surface area contributed by atoms with Crippen molar-refractivity contribution >= 4 is 17.8 Å². The van der Waals surface area contributed by atoms with Crippen molar-refractivity contribution < 1.29 is 19.1 Å². The number of ether oxygens (including phenoxy) is 1. The van der Waals surface area contributed by atoms with Crippen LogP contribution < -0.4 is 5.32 Å². The van der Waals surface area contributed by atoms with E-state index in [1.54, 1.807) is 0 Å². The summed E-state index contributed by atoms with van der Waals surface area (Å²) in [6, 6.07) is 0. The molecule has 0 aliphatic carbocycles. The molecular formula is C13H22N2O4. The summed E-state index contributed by atoms with van der Waals surface area (Å²) < 4.78 is 4.58. The largest absolute Gasteiger partial charge is 0.468 e. The Labute approximate surface area is 113 Å². The van der Waals surface area contributed by atoms with E-state index >= 15 is 0 Å². The lowest BCUT2D eigenvalue weighted by molar-refractivity contribution is -0.147. The Balaban J connectivity index is 2.92. The second-order valence-corrected chi connectivity index (χ2v) is 5.01. The molecule has 0 spiro atoms. The van der Waals surface area contributed by atoms with Gasteiger partial charge in [0.15, 0.2) is 0 Å². The fourth-order valence-corrected chi connectivity index (χ4v) is 2.53. The average Bonchev–Trinajstić information content (AvgIpc) is 2.67. The normalized spacial score (nSPS) is 24.2. The third kappa shape index (κ3) is 3.05. The minimum atomic E-state index is -0.880. The second-order valence-electron chi connectivity index (χ2n) is 5.01. The number of nitrogens with zero attached hydrogens (tertiary/aromatic N) is 1. The molecule has 6 nitrogen and oxygen atoms in total. The summed E-state index contributed by atoms with van der Waals surface area (Å²) in [5.74, 6) is -0.848. The van der Waals surface area contributed by atoms with Gasteiger partial charge in [0.05, 0.1) is 7.11 Å². The smallest absolute Gasteiger partial charge is 0.325 e. The summed E-state index contributed by atoms with van der Waals surface area (Å²) in [6.07, 6.45) is 1.30. The molecule has 1 aliphatic heterocycles. The molecule has 6 heteroatoms. The van der Waals surface area contributed by atoms with E-state index in [0.717, 1.165) is 6.42 Å². The van der Waals surface area contributed by atoms with Gasteiger partial charge in [0.1, 0.15) is 12.1 Å². The number of esters is 1. The first-order valence-electron chi connectivity index (χ1n) is 6.52. The summed E-state index contributed by atoms with van der Waals surface area (Å²) in [5, 5.41) is 2.79. The van der Waals surface area contributed by atoms with Crippen LogP contribution in [0.15, 0.2) is 0 Å². The highest BCUT2D eigenvalue weighted by Gasteiger charge is 2.50. The topological polar surface area (TPSA) is 75.7 Å². The molecule has 1 N–H and O–H groups in total. The molecule has 0 aromatic heterocycles. The lowest BCUT2D eigenvalue weighted by atomic mass is 9.81. The number of amides is 2. The minimum absolute atomic E-state index is 0.0200. The van der Waals surface area contributed by atoms with Crippen LogP contribution in [0, 0.1) is 5.92 Å². The number of nitrogens with one attached hydrogen (secondary N) is 1. The minimum Gasteiger partial charge on any atom is -0.468 e. The van der Waals surface area contributed by atoms with Gasteiger partial charge in [-0.3, -0.25) is 14.4 Å². The zero-order valence-electron chi connectivity index (χ0n) is 12.0. The van der Waals surface area contributed by atoms with Crippen molar-refractivity contribution in [1.29, 1.82) is 0 Å². The summed E-state index contributed by atoms with van der Waals surface area (Å²) >= 11 is 0. The molecule has 0 aromatic carbocycles. The van der Waals surface area contributed by atoms with E-state index in [-0.39, 0.29) is 24.3 Å². The Morgan fingerprint density at radius 3 is 2.63 bits per heavy atom. The molecule has 0 bridgehead atoms. The molecule has 0 aromatic rings. The number of methoxy groups -OCH3 is 1. The van der Waals surface area contributed by atoms with E-state index in [0.29, 0.717) is 13.0 Å². The van der Waals surface area contributed by atoms with E-state index in [4.69, 9.17) is 0 Å². The van der Waals surface area contributed by atoms with Gasteiger partial charge in [-0.2, -0.15) is 0 Å². The summed E-state index contributed by atoms with van der Waals surface area (Å²) in [6.45, 7) is 5.71. The lowest BCUT2D eigenvalue weighted by Gasteiger charge is -2.33. The zero-order chi connectivity index (χ0) is 14.6. The number of carbonyl (C=O) groups excluding carboxylic acids is 3. The number of hydrogen-bond acceptors (Lipinski definition) is 4. The van der Waals surface area contributed by atoms with Crippen molar-refractivity contribution in [2.45, 2.75) is 39.2 Å². The van der Waals surface area contributed by atoms with E-state index < -0.39 is 11.5 Å². The van der Waals surface area contributed by atoms with Gasteiger partial charge in [-0.05, 0) is 12.3 Å². The first kappa shape index (κ1) is 15.5. The molecule has 1 heterocycles. The molecule has 0 saturated carbocycles. The van der Waals surface area contributed by atoms with Crippen LogP contribution in [0.25, 0.3) is 0 Å². The first-order valence-corrected chi connectivity index (χ1v) is 6.52. The highest BCUT2D eigenvalue weighted by Crippen LogP contribution is 2.32. The van der Waals surface area contributed by atoms with Gasteiger partial charge < -0.3 is 15.0 Å². The van der Waals surface area contributed by atoms with Gasteiger partial charge in [-0.1, -0.05) is 20.3 Å². The Morgan fingerprint density at radius 1 is 1.53 bits per heavy atom. The van der Waals surface area contributed by atoms with Crippen LogP contribution in [0.1, 0.15) is 33.6 Å². The number of likely N-dealkylation sites (tertiary alicyclic amines) is 1. The predicted octanol–water partition coefficient (Wildman–Crippen LogP) is 0.313. The number of hydrogen-bond donors (Lipinski definition) is 1. The van der Waals surface area contributed by atoms with Gasteiger partial charge in [-0.25, -0.2) is 0 Å². The predicted molar refractivity (Wildman–Crippen MR) is 69.2 cm³/mol. The van der Waals surface area contributed by atoms with Gasteiger partial charge >= 0.3 is 5.97 Å². The van der Waals surface area contributed by atoms with Crippen LogP contribution in [0.4, 0.5) is 0 Å². The zero-order valence-corrected chi connectivity index (χ0v) is 12.0. The number of carbonyl (C=O) groups is 3. The Bertz CT molecular complexity index is 383. The Hall–Kier alpha value is -1.59. The van der Waals surface area contributed by atoms with E-state index in [2.05, 4.69) is 10.1 Å². The fourth-order valence-electron chi connectivity index (χ4n) is 2.53. The molecule has 2 amide bonds. The molecule has 1 rings (SSSR count). The van der Waals surface area contributed by atoms with Crippen LogP contribution >= 0.6 is 0 Å². The highest BCUT2D eigenvalue weighted by molar-refractivity contribution is 5.94. The van der Waals surface area contributed by atoms with Crippen molar-refractivity contribution in [3.05, 3.63) is 0 Å². The highest BCUT2D eigenvalue weighted by atomic mass is 16.5. The van der Waals surface area contributed by atoms with E-state index in [9.17, 15) is 14.4 Å². The van der Waals surface area contributed by atoms with Crippen LogP contribution in [-0.4, -0.2) is 48.4 Å². The molecule has 1 fully saturated rings. The molecule has 1 unspecified atom stereocenters. The first-order chi connectivity index (χ1) is 8.87. The number of rotatable bonds is 5. The van der Waals surface area contributed by atoms with Crippen molar-refractivity contribution in [2.75, 3.05) is 20.2 Å². The maximum atomic E-state index is 12.5. The monoisotopic (exact) mass is 270 g/mol. The van der Waals surface area contributed by atoms with Crippen LogP contribution in [0.2, 0.25) is 0 Å². The third-order valence-corrected chi connectivity index (χ3v) is 3.85. The lowest BCUT2D eigenvalue weighted by Crippen LogP contribution is -2.58. The summed E-state index contributed by atoms with van der Waals surface area (Å²) in [7, 11) is 1.29. The van der Waals surface area contributed by atoms with Gasteiger partial charge in [0.25, 0.3) is 0 Å². The maximum Gasteiger partial charge on any atom is 0.325 e. The average molecular weight is 270 g/mol. The van der Waals surface area contributed by atoms with E-state index in [1.165, 1.54) is 18.9 Å². The van der Waals surface area contributed by atoms with Crippen LogP contribution in [0.3, 0.4) is 0 Å². The van der Waals surface area contributed by atoms with Gasteiger partial charge in [-0.15, -0.1) is 0 Å². The molecule has 2 atom stereocenters. The van der Waals surface area contributed by atoms with Crippen LogP contribution in [-0.2, 0) is 19.1 Å². The molecule has 108 valence electrons. The summed E-state index contributed by atoms with van der Waals surface area (Å²) in [4.78, 5) is 36.6. The maximum absolute atomic E-state index is 12.5. The molecule has 19 heavy (non-hydrogen) atoms. The van der Waals surface area contributed by atoms with Crippen molar-refractivity contribution in [2.24, 2.45) is 5.92 Å². The van der Waals surface area contributed by atoms with Crippen LogP contribution in [0.5, 0.6) is 0 Å². The Kier molecular flexibility index (Phi) is 4.91. The third-order valence-electron chi connectivity index (χ3n) is 3.85. The Morgan fingerprint density at radius 2 is 2.16 bits per heavy atom. The summed E-state index contributed by atoms with van der Waals surface area (Å²) in [5.41, 5.74) is -0.880. The van der Waals surface area contributed by atoms with E-state index in [1.807, 2.05) is 13.8 Å². The molecule has 1 saturated heterocycles. The quantitative estimate of drug-likeness (QED) is 0.730. The van der Waals surface area contributed by atoms with Gasteiger partial charge in [0, 0.05) is 13.5 Å². The standard InChI is InChI=1S/C13H22N2O4/c1-5-9(2)13(14-10(3)16)6-7-15(12(13)18)8-11(17)19-4/h9H,5-8H2,1-4H3,(H,14,16)/t9?,13-/m0/s1.